The maximum atomic E-state index is 12.3. The zero-order valence-electron chi connectivity index (χ0n) is 14.4. The Morgan fingerprint density at radius 3 is 2.40 bits per heavy atom. The van der Waals surface area contributed by atoms with Crippen molar-refractivity contribution >= 4 is 11.6 Å². The molecular weight excluding hydrogens is 318 g/mol. The first-order chi connectivity index (χ1) is 12.2. The van der Waals surface area contributed by atoms with Gasteiger partial charge in [-0.05, 0) is 68.3 Å². The largest absolute Gasteiger partial charge is 0.494 e. The van der Waals surface area contributed by atoms with Crippen molar-refractivity contribution in [1.29, 1.82) is 0 Å². The van der Waals surface area contributed by atoms with Crippen LogP contribution in [0.2, 0.25) is 0 Å². The van der Waals surface area contributed by atoms with Crippen molar-refractivity contribution in [2.75, 3.05) is 25.1 Å². The van der Waals surface area contributed by atoms with Gasteiger partial charge in [0.15, 0.2) is 0 Å². The number of anilines is 1. The van der Waals surface area contributed by atoms with Crippen LogP contribution in [0.5, 0.6) is 11.5 Å². The van der Waals surface area contributed by atoms with Crippen molar-refractivity contribution in [3.05, 3.63) is 54.1 Å². The molecule has 5 heteroatoms. The molecular formula is C20H23NO4. The normalized spacial score (nSPS) is 16.4. The number of amides is 1. The molecule has 1 fully saturated rings. The fourth-order valence-electron chi connectivity index (χ4n) is 2.67. The third-order valence-electron chi connectivity index (χ3n) is 4.00. The van der Waals surface area contributed by atoms with Gasteiger partial charge in [-0.2, -0.15) is 0 Å². The van der Waals surface area contributed by atoms with E-state index in [9.17, 15) is 4.79 Å². The Kier molecular flexibility index (Phi) is 5.90. The summed E-state index contributed by atoms with van der Waals surface area (Å²) >= 11 is 0. The van der Waals surface area contributed by atoms with Crippen LogP contribution in [0.1, 0.15) is 30.1 Å². The molecule has 1 N–H and O–H groups in total. The van der Waals surface area contributed by atoms with Crippen LogP contribution in [0.15, 0.2) is 48.5 Å². The number of carbonyl (C=O) groups excluding carboxylic acids is 1. The predicted molar refractivity (Wildman–Crippen MR) is 96.5 cm³/mol. The molecule has 132 valence electrons. The standard InChI is InChI=1S/C20H23NO4/c1-2-23-17-11-7-16(8-12-17)21-20(22)15-5-9-18(10-6-15)25-14-19-4-3-13-24-19/h5-12,19H,2-4,13-14H2,1H3,(H,21,22)/t19-/m0/s1. The van der Waals surface area contributed by atoms with Crippen molar-refractivity contribution < 1.29 is 19.0 Å². The van der Waals surface area contributed by atoms with Crippen molar-refractivity contribution in [2.45, 2.75) is 25.9 Å². The zero-order chi connectivity index (χ0) is 17.5. The topological polar surface area (TPSA) is 56.8 Å². The number of rotatable bonds is 7. The highest BCUT2D eigenvalue weighted by Gasteiger charge is 2.16. The summed E-state index contributed by atoms with van der Waals surface area (Å²) in [6.07, 6.45) is 2.32. The molecule has 3 rings (SSSR count). The van der Waals surface area contributed by atoms with E-state index in [-0.39, 0.29) is 12.0 Å². The molecule has 1 heterocycles. The average Bonchev–Trinajstić information content (AvgIpc) is 3.16. The Morgan fingerprint density at radius 1 is 1.08 bits per heavy atom. The first-order valence-corrected chi connectivity index (χ1v) is 8.63. The van der Waals surface area contributed by atoms with Crippen LogP contribution in [0.4, 0.5) is 5.69 Å². The Morgan fingerprint density at radius 2 is 1.76 bits per heavy atom. The SMILES string of the molecule is CCOc1ccc(NC(=O)c2ccc(OC[C@@H]3CCCO3)cc2)cc1. The quantitative estimate of drug-likeness (QED) is 0.830. The summed E-state index contributed by atoms with van der Waals surface area (Å²) in [6, 6.07) is 14.4. The second kappa shape index (κ2) is 8.53. The van der Waals surface area contributed by atoms with E-state index in [0.29, 0.717) is 18.8 Å². The van der Waals surface area contributed by atoms with Crippen LogP contribution in [-0.2, 0) is 4.74 Å². The van der Waals surface area contributed by atoms with Gasteiger partial charge in [0.05, 0.1) is 12.7 Å². The summed E-state index contributed by atoms with van der Waals surface area (Å²) in [5.74, 6) is 1.37. The monoisotopic (exact) mass is 341 g/mol. The lowest BCUT2D eigenvalue weighted by Gasteiger charge is -2.12. The minimum Gasteiger partial charge on any atom is -0.494 e. The van der Waals surface area contributed by atoms with Gasteiger partial charge in [-0.1, -0.05) is 0 Å². The van der Waals surface area contributed by atoms with Gasteiger partial charge < -0.3 is 19.5 Å². The van der Waals surface area contributed by atoms with Crippen LogP contribution in [0, 0.1) is 0 Å². The van der Waals surface area contributed by atoms with Crippen molar-refractivity contribution in [2.24, 2.45) is 0 Å². The number of hydrogen-bond donors (Lipinski definition) is 1. The number of carbonyl (C=O) groups is 1. The summed E-state index contributed by atoms with van der Waals surface area (Å²) in [4.78, 5) is 12.3. The maximum absolute atomic E-state index is 12.3. The molecule has 0 bridgehead atoms. The number of nitrogens with one attached hydrogen (secondary N) is 1. The molecule has 0 spiro atoms. The van der Waals surface area contributed by atoms with Crippen LogP contribution in [-0.4, -0.2) is 31.8 Å². The maximum Gasteiger partial charge on any atom is 0.255 e. The van der Waals surface area contributed by atoms with Crippen molar-refractivity contribution in [3.63, 3.8) is 0 Å². The van der Waals surface area contributed by atoms with Crippen LogP contribution < -0.4 is 14.8 Å². The third kappa shape index (κ3) is 4.97. The number of hydrogen-bond acceptors (Lipinski definition) is 4. The van der Waals surface area contributed by atoms with Crippen molar-refractivity contribution in [3.8, 4) is 11.5 Å². The van der Waals surface area contributed by atoms with E-state index in [1.807, 2.05) is 43.3 Å². The van der Waals surface area contributed by atoms with Crippen molar-refractivity contribution in [1.82, 2.24) is 0 Å². The summed E-state index contributed by atoms with van der Waals surface area (Å²) in [5, 5.41) is 2.87. The molecule has 0 saturated carbocycles. The van der Waals surface area contributed by atoms with E-state index in [4.69, 9.17) is 14.2 Å². The Balaban J connectivity index is 1.52. The second-order valence-corrected chi connectivity index (χ2v) is 5.88. The Hall–Kier alpha value is -2.53. The first kappa shape index (κ1) is 17.3. The summed E-state index contributed by atoms with van der Waals surface area (Å²) < 4.78 is 16.6. The number of ether oxygens (including phenoxy) is 3. The Bertz CT molecular complexity index is 676. The third-order valence-corrected chi connectivity index (χ3v) is 4.00. The van der Waals surface area contributed by atoms with Gasteiger partial charge in [-0.15, -0.1) is 0 Å². The summed E-state index contributed by atoms with van der Waals surface area (Å²) in [7, 11) is 0. The lowest BCUT2D eigenvalue weighted by atomic mass is 10.2. The molecule has 2 aromatic rings. The fourth-order valence-corrected chi connectivity index (χ4v) is 2.67. The predicted octanol–water partition coefficient (Wildman–Crippen LogP) is 3.90. The van der Waals surface area contributed by atoms with E-state index in [2.05, 4.69) is 5.32 Å². The van der Waals surface area contributed by atoms with E-state index >= 15 is 0 Å². The minimum absolute atomic E-state index is 0.158. The van der Waals surface area contributed by atoms with E-state index in [0.717, 1.165) is 36.6 Å². The van der Waals surface area contributed by atoms with Gasteiger partial charge in [0.25, 0.3) is 5.91 Å². The molecule has 1 saturated heterocycles. The second-order valence-electron chi connectivity index (χ2n) is 5.88. The van der Waals surface area contributed by atoms with Crippen LogP contribution in [0.3, 0.4) is 0 Å². The molecule has 0 aliphatic carbocycles. The average molecular weight is 341 g/mol. The van der Waals surface area contributed by atoms with Gasteiger partial charge in [0.1, 0.15) is 18.1 Å². The minimum atomic E-state index is -0.158. The highest BCUT2D eigenvalue weighted by Crippen LogP contribution is 2.19. The number of benzene rings is 2. The van der Waals surface area contributed by atoms with Gasteiger partial charge in [-0.25, -0.2) is 0 Å². The molecule has 5 nitrogen and oxygen atoms in total. The molecule has 0 aromatic heterocycles. The zero-order valence-corrected chi connectivity index (χ0v) is 14.4. The van der Waals surface area contributed by atoms with Crippen LogP contribution >= 0.6 is 0 Å². The van der Waals surface area contributed by atoms with E-state index in [1.165, 1.54) is 0 Å². The molecule has 1 aliphatic heterocycles. The molecule has 0 radical (unpaired) electrons. The smallest absolute Gasteiger partial charge is 0.255 e. The van der Waals surface area contributed by atoms with E-state index in [1.54, 1.807) is 12.1 Å². The molecule has 0 unspecified atom stereocenters. The van der Waals surface area contributed by atoms with Gasteiger partial charge in [-0.3, -0.25) is 4.79 Å². The Labute approximate surface area is 147 Å². The van der Waals surface area contributed by atoms with Gasteiger partial charge in [0, 0.05) is 17.9 Å². The molecule has 2 aromatic carbocycles. The lowest BCUT2D eigenvalue weighted by Crippen LogP contribution is -2.16. The highest BCUT2D eigenvalue weighted by molar-refractivity contribution is 6.04. The molecule has 1 amide bonds. The molecule has 1 atom stereocenters. The summed E-state index contributed by atoms with van der Waals surface area (Å²) in [5.41, 5.74) is 1.31. The molecule has 1 aliphatic rings. The van der Waals surface area contributed by atoms with Crippen LogP contribution in [0.25, 0.3) is 0 Å². The fraction of sp³-hybridized carbons (Fsp3) is 0.350. The van der Waals surface area contributed by atoms with Gasteiger partial charge >= 0.3 is 0 Å². The highest BCUT2D eigenvalue weighted by atomic mass is 16.5. The van der Waals surface area contributed by atoms with E-state index < -0.39 is 0 Å². The lowest BCUT2D eigenvalue weighted by molar-refractivity contribution is 0.0679. The summed E-state index contributed by atoms with van der Waals surface area (Å²) in [6.45, 7) is 3.92. The molecule has 25 heavy (non-hydrogen) atoms. The first-order valence-electron chi connectivity index (χ1n) is 8.63. The van der Waals surface area contributed by atoms with Gasteiger partial charge in [0.2, 0.25) is 0 Å².